The number of aliphatic hydroxyl groups is 3. The number of ether oxygens (including phenoxy) is 1. The Morgan fingerprint density at radius 2 is 1.82 bits per heavy atom. The van der Waals surface area contributed by atoms with Gasteiger partial charge in [-0.15, -0.1) is 0 Å². The molecule has 1 aromatic rings. The molecule has 1 saturated carbocycles. The molecule has 0 saturated heterocycles. The van der Waals surface area contributed by atoms with E-state index in [9.17, 15) is 39.6 Å². The Balaban J connectivity index is 1.54. The van der Waals surface area contributed by atoms with Crippen LogP contribution in [0.25, 0.3) is 11.3 Å². The second kappa shape index (κ2) is 9.22. The minimum absolute atomic E-state index is 0.0418. The Labute approximate surface area is 230 Å². The summed E-state index contributed by atoms with van der Waals surface area (Å²) in [7, 11) is 0. The molecular weight excluding hydrogens is 520 g/mol. The van der Waals surface area contributed by atoms with Gasteiger partial charge in [0.25, 0.3) is 5.91 Å². The third kappa shape index (κ3) is 4.16. The standard InChI is InChI=1S/C29H32N2O9/c1-28(2,3)40-27(38)31-8-6-13(7-9-31)16-4-5-18(32)21-17(16)11-14-10-15-12-19(33)22(26(30)37)25(36)29(15,39)24(35)20(14)23(21)34/h4-6,14-15,32,34,36,39H,7-12H2,1-3H3,(H2,30,37)/t14-,15+,29+/m1/s1. The Morgan fingerprint density at radius 3 is 2.42 bits per heavy atom. The van der Waals surface area contributed by atoms with E-state index in [1.54, 1.807) is 31.7 Å². The number of carbonyl (C=O) groups excluding carboxylic acids is 4. The molecule has 3 aliphatic carbocycles. The SMILES string of the molecule is CC(C)(C)OC(=O)N1CC=C(c2ccc(O)c3c2C[C@H]2C[C@H]4CC(=O)C(C(N)=O)=C(O)[C@@]4(O)C(=O)C2=C3O)CC1. The number of nitrogens with two attached hydrogens (primary N) is 1. The highest BCUT2D eigenvalue weighted by molar-refractivity contribution is 6.22. The van der Waals surface area contributed by atoms with Crippen molar-refractivity contribution in [3.05, 3.63) is 51.8 Å². The maximum atomic E-state index is 13.7. The molecule has 0 radical (unpaired) electrons. The number of carbonyl (C=O) groups is 4. The van der Waals surface area contributed by atoms with Crippen LogP contribution in [-0.2, 0) is 25.5 Å². The fourth-order valence-corrected chi connectivity index (χ4v) is 6.33. The summed E-state index contributed by atoms with van der Waals surface area (Å²) >= 11 is 0. The molecule has 1 aromatic carbocycles. The van der Waals surface area contributed by atoms with Gasteiger partial charge in [0.15, 0.2) is 11.4 Å². The fraction of sp³-hybridized carbons (Fsp3) is 0.448. The topological polar surface area (TPSA) is 188 Å². The molecule has 0 unspecified atom stereocenters. The van der Waals surface area contributed by atoms with Gasteiger partial charge in [0.1, 0.15) is 28.4 Å². The number of phenolic OH excluding ortho intramolecular Hbond substituents is 1. The van der Waals surface area contributed by atoms with Crippen molar-refractivity contribution in [1.29, 1.82) is 0 Å². The molecule has 1 aliphatic heterocycles. The van der Waals surface area contributed by atoms with E-state index in [-0.39, 0.29) is 36.1 Å². The molecule has 3 atom stereocenters. The van der Waals surface area contributed by atoms with Gasteiger partial charge in [0, 0.05) is 31.0 Å². The van der Waals surface area contributed by atoms with Crippen LogP contribution in [0, 0.1) is 11.8 Å². The zero-order valence-electron chi connectivity index (χ0n) is 22.5. The lowest BCUT2D eigenvalue weighted by Gasteiger charge is -2.46. The smallest absolute Gasteiger partial charge is 0.410 e. The number of aromatic hydroxyl groups is 1. The van der Waals surface area contributed by atoms with Gasteiger partial charge in [0.05, 0.1) is 5.56 Å². The van der Waals surface area contributed by atoms with Crippen LogP contribution in [-0.4, -0.2) is 73.2 Å². The molecule has 11 heteroatoms. The van der Waals surface area contributed by atoms with Crippen molar-refractivity contribution in [1.82, 2.24) is 4.90 Å². The fourth-order valence-electron chi connectivity index (χ4n) is 6.33. The van der Waals surface area contributed by atoms with Crippen LogP contribution in [0.5, 0.6) is 5.75 Å². The minimum Gasteiger partial charge on any atom is -0.508 e. The first-order valence-corrected chi connectivity index (χ1v) is 13.1. The second-order valence-electron chi connectivity index (χ2n) is 11.8. The van der Waals surface area contributed by atoms with Crippen molar-refractivity contribution < 1.29 is 44.3 Å². The molecule has 212 valence electrons. The number of ketones is 2. The molecule has 5 rings (SSSR count). The first-order chi connectivity index (χ1) is 18.6. The first-order valence-electron chi connectivity index (χ1n) is 13.1. The molecule has 0 aromatic heterocycles. The van der Waals surface area contributed by atoms with Crippen molar-refractivity contribution in [3.63, 3.8) is 0 Å². The van der Waals surface area contributed by atoms with E-state index in [0.717, 1.165) is 11.1 Å². The van der Waals surface area contributed by atoms with Crippen molar-refractivity contribution in [2.75, 3.05) is 13.1 Å². The van der Waals surface area contributed by atoms with Crippen LogP contribution in [0.1, 0.15) is 56.7 Å². The highest BCUT2D eigenvalue weighted by Crippen LogP contribution is 2.52. The summed E-state index contributed by atoms with van der Waals surface area (Å²) in [6, 6.07) is 3.12. The lowest BCUT2D eigenvalue weighted by atomic mass is 9.59. The monoisotopic (exact) mass is 552 g/mol. The predicted octanol–water partition coefficient (Wildman–Crippen LogP) is 2.45. The quantitative estimate of drug-likeness (QED) is 0.343. The lowest BCUT2D eigenvalue weighted by Crippen LogP contribution is -2.58. The summed E-state index contributed by atoms with van der Waals surface area (Å²) in [6.07, 6.45) is 1.85. The van der Waals surface area contributed by atoms with E-state index in [2.05, 4.69) is 0 Å². The number of aliphatic hydroxyl groups excluding tert-OH is 2. The molecule has 6 N–H and O–H groups in total. The normalized spacial score (nSPS) is 26.6. The molecular formula is C29H32N2O9. The van der Waals surface area contributed by atoms with E-state index in [4.69, 9.17) is 10.5 Å². The van der Waals surface area contributed by atoms with Gasteiger partial charge in [-0.05, 0) is 68.7 Å². The van der Waals surface area contributed by atoms with Gasteiger partial charge in [-0.1, -0.05) is 12.1 Å². The molecule has 11 nitrogen and oxygen atoms in total. The van der Waals surface area contributed by atoms with E-state index >= 15 is 0 Å². The van der Waals surface area contributed by atoms with Crippen molar-refractivity contribution in [3.8, 4) is 5.75 Å². The first kappa shape index (κ1) is 27.4. The average Bonchev–Trinajstić information content (AvgIpc) is 2.85. The van der Waals surface area contributed by atoms with E-state index in [1.807, 2.05) is 6.08 Å². The third-order valence-electron chi connectivity index (χ3n) is 8.15. The van der Waals surface area contributed by atoms with Crippen LogP contribution in [0.2, 0.25) is 0 Å². The summed E-state index contributed by atoms with van der Waals surface area (Å²) in [6.45, 7) is 6.08. The molecule has 0 bridgehead atoms. The summed E-state index contributed by atoms with van der Waals surface area (Å²) < 4.78 is 5.46. The Kier molecular flexibility index (Phi) is 6.33. The van der Waals surface area contributed by atoms with Gasteiger partial charge < -0.3 is 35.8 Å². The van der Waals surface area contributed by atoms with Gasteiger partial charge in [-0.25, -0.2) is 4.79 Å². The third-order valence-corrected chi connectivity index (χ3v) is 8.15. The van der Waals surface area contributed by atoms with Gasteiger partial charge in [-0.3, -0.25) is 14.4 Å². The number of rotatable bonds is 2. The molecule has 40 heavy (non-hydrogen) atoms. The largest absolute Gasteiger partial charge is 0.508 e. The number of fused-ring (bicyclic) bond motifs is 3. The second-order valence-corrected chi connectivity index (χ2v) is 11.8. The van der Waals surface area contributed by atoms with Crippen LogP contribution >= 0.6 is 0 Å². The number of primary amides is 1. The van der Waals surface area contributed by atoms with Crippen LogP contribution in [0.15, 0.2) is 35.1 Å². The minimum atomic E-state index is -2.60. The molecule has 1 fully saturated rings. The molecule has 0 spiro atoms. The van der Waals surface area contributed by atoms with Crippen molar-refractivity contribution in [2.24, 2.45) is 17.6 Å². The van der Waals surface area contributed by atoms with Crippen molar-refractivity contribution in [2.45, 2.75) is 57.7 Å². The Hall–Kier alpha value is -4.12. The molecule has 1 heterocycles. The van der Waals surface area contributed by atoms with Gasteiger partial charge in [-0.2, -0.15) is 0 Å². The zero-order chi connectivity index (χ0) is 29.3. The summed E-state index contributed by atoms with van der Waals surface area (Å²) in [5, 5.41) is 44.1. The maximum Gasteiger partial charge on any atom is 0.410 e. The number of phenols is 1. The summed E-state index contributed by atoms with van der Waals surface area (Å²) in [5.41, 5.74) is 3.28. The summed E-state index contributed by atoms with van der Waals surface area (Å²) in [4.78, 5) is 52.1. The van der Waals surface area contributed by atoms with E-state index in [1.165, 1.54) is 6.07 Å². The van der Waals surface area contributed by atoms with Gasteiger partial charge in [0.2, 0.25) is 5.78 Å². The number of amides is 2. The highest BCUT2D eigenvalue weighted by Gasteiger charge is 2.60. The predicted molar refractivity (Wildman–Crippen MR) is 142 cm³/mol. The van der Waals surface area contributed by atoms with E-state index < -0.39 is 63.7 Å². The van der Waals surface area contributed by atoms with Crippen LogP contribution in [0.3, 0.4) is 0 Å². The number of Topliss-reactive ketones (excluding diaryl/α,β-unsaturated/α-hetero) is 2. The molecule has 4 aliphatic rings. The Morgan fingerprint density at radius 1 is 1.12 bits per heavy atom. The van der Waals surface area contributed by atoms with Gasteiger partial charge >= 0.3 is 6.09 Å². The number of hydrogen-bond donors (Lipinski definition) is 5. The van der Waals surface area contributed by atoms with Crippen LogP contribution < -0.4 is 5.73 Å². The Bertz CT molecular complexity index is 1460. The summed E-state index contributed by atoms with van der Waals surface area (Å²) in [5.74, 6) is -6.61. The maximum absolute atomic E-state index is 13.7. The average molecular weight is 553 g/mol. The number of benzene rings is 1. The van der Waals surface area contributed by atoms with Crippen LogP contribution in [0.4, 0.5) is 4.79 Å². The van der Waals surface area contributed by atoms with E-state index in [0.29, 0.717) is 25.1 Å². The lowest BCUT2D eigenvalue weighted by molar-refractivity contribution is -0.147. The number of hydrogen-bond acceptors (Lipinski definition) is 9. The zero-order valence-corrected chi connectivity index (χ0v) is 22.5. The highest BCUT2D eigenvalue weighted by atomic mass is 16.6. The van der Waals surface area contributed by atoms with Crippen molar-refractivity contribution >= 4 is 34.9 Å². The number of nitrogens with zero attached hydrogens (tertiary/aromatic N) is 1. The molecule has 2 amide bonds.